The van der Waals surface area contributed by atoms with Gasteiger partial charge in [-0.15, -0.1) is 10.2 Å². The number of nitrogens with zero attached hydrogens (tertiary/aromatic N) is 4. The Bertz CT molecular complexity index is 1320. The summed E-state index contributed by atoms with van der Waals surface area (Å²) in [6, 6.07) is 15.3. The highest BCUT2D eigenvalue weighted by Gasteiger charge is 2.33. The van der Waals surface area contributed by atoms with Crippen LogP contribution >= 0.6 is 11.6 Å². The third-order valence-electron chi connectivity index (χ3n) is 5.84. The van der Waals surface area contributed by atoms with E-state index in [1.807, 2.05) is 48.5 Å². The number of ether oxygens (including phenoxy) is 2. The molecule has 0 radical (unpaired) electrons. The molecular weight excluding hydrogens is 428 g/mol. The molecule has 1 aliphatic rings. The Morgan fingerprint density at radius 2 is 1.84 bits per heavy atom. The zero-order valence-corrected chi connectivity index (χ0v) is 18.5. The van der Waals surface area contributed by atoms with Crippen LogP contribution in [0, 0.1) is 0 Å². The molecule has 32 heavy (non-hydrogen) atoms. The predicted octanol–water partition coefficient (Wildman–Crippen LogP) is 4.51. The van der Waals surface area contributed by atoms with Crippen LogP contribution < -0.4 is 4.74 Å². The number of carbonyl (C=O) groups is 1. The average molecular weight is 449 g/mol. The molecular formula is C24H21ClN4O3. The van der Waals surface area contributed by atoms with E-state index in [0.717, 1.165) is 33.8 Å². The molecule has 0 amide bonds. The number of ketones is 1. The first-order valence-corrected chi connectivity index (χ1v) is 10.7. The highest BCUT2D eigenvalue weighted by atomic mass is 35.5. The highest BCUT2D eigenvalue weighted by Crippen LogP contribution is 2.37. The summed E-state index contributed by atoms with van der Waals surface area (Å²) in [4.78, 5) is 13.0. The first-order valence-electron chi connectivity index (χ1n) is 10.3. The second-order valence-electron chi connectivity index (χ2n) is 7.76. The summed E-state index contributed by atoms with van der Waals surface area (Å²) in [6.07, 6.45) is 0.950. The van der Waals surface area contributed by atoms with Crippen LogP contribution in [0.25, 0.3) is 16.8 Å². The van der Waals surface area contributed by atoms with E-state index in [1.54, 1.807) is 18.7 Å². The summed E-state index contributed by atoms with van der Waals surface area (Å²) in [5, 5.41) is 14.2. The van der Waals surface area contributed by atoms with Gasteiger partial charge in [-0.2, -0.15) is 5.10 Å². The Morgan fingerprint density at radius 3 is 2.59 bits per heavy atom. The molecule has 1 atom stereocenters. The minimum absolute atomic E-state index is 0.0346. The van der Waals surface area contributed by atoms with Crippen molar-refractivity contribution in [2.24, 2.45) is 0 Å². The summed E-state index contributed by atoms with van der Waals surface area (Å²) in [7, 11) is 3.27. The number of benzene rings is 2. The van der Waals surface area contributed by atoms with Gasteiger partial charge < -0.3 is 9.47 Å². The largest absolute Gasteiger partial charge is 0.496 e. The van der Waals surface area contributed by atoms with Gasteiger partial charge in [0.1, 0.15) is 5.75 Å². The van der Waals surface area contributed by atoms with Gasteiger partial charge in [0, 0.05) is 24.5 Å². The van der Waals surface area contributed by atoms with Crippen molar-refractivity contribution in [2.75, 3.05) is 14.2 Å². The maximum Gasteiger partial charge on any atom is 0.185 e. The zero-order valence-electron chi connectivity index (χ0n) is 17.7. The number of para-hydroxylation sites is 1. The highest BCUT2D eigenvalue weighted by molar-refractivity contribution is 6.30. The Labute approximate surface area is 190 Å². The molecule has 162 valence electrons. The molecule has 2 aromatic carbocycles. The van der Waals surface area contributed by atoms with E-state index in [2.05, 4.69) is 10.2 Å². The molecule has 4 aromatic rings. The van der Waals surface area contributed by atoms with Crippen molar-refractivity contribution in [1.82, 2.24) is 19.8 Å². The Balaban J connectivity index is 1.68. The van der Waals surface area contributed by atoms with Gasteiger partial charge in [-0.3, -0.25) is 4.79 Å². The second kappa shape index (κ2) is 8.33. The maximum absolute atomic E-state index is 13.0. The topological polar surface area (TPSA) is 78.6 Å². The van der Waals surface area contributed by atoms with Crippen molar-refractivity contribution in [3.05, 3.63) is 76.2 Å². The molecule has 2 heterocycles. The number of hydrogen-bond donors (Lipinski definition) is 0. The van der Waals surface area contributed by atoms with Gasteiger partial charge in [-0.25, -0.2) is 4.52 Å². The Hall–Kier alpha value is -3.29. The normalized spacial score (nSPS) is 15.7. The fraction of sp³-hybridized carbons (Fsp3) is 0.250. The van der Waals surface area contributed by atoms with E-state index in [-0.39, 0.29) is 11.7 Å². The smallest absolute Gasteiger partial charge is 0.185 e. The lowest BCUT2D eigenvalue weighted by Crippen LogP contribution is -2.24. The van der Waals surface area contributed by atoms with E-state index >= 15 is 0 Å². The predicted molar refractivity (Wildman–Crippen MR) is 120 cm³/mol. The lowest BCUT2D eigenvalue weighted by Gasteiger charge is -2.24. The first kappa shape index (κ1) is 20.6. The quantitative estimate of drug-likeness (QED) is 0.447. The minimum atomic E-state index is -0.0478. The van der Waals surface area contributed by atoms with Crippen molar-refractivity contribution in [3.8, 4) is 16.9 Å². The summed E-state index contributed by atoms with van der Waals surface area (Å²) in [5.74, 6) is 0.690. The van der Waals surface area contributed by atoms with Gasteiger partial charge in [0.25, 0.3) is 0 Å². The van der Waals surface area contributed by atoms with Gasteiger partial charge in [0.15, 0.2) is 17.1 Å². The first-order chi connectivity index (χ1) is 15.6. The lowest BCUT2D eigenvalue weighted by molar-refractivity contribution is 0.0955. The molecule has 0 unspecified atom stereocenters. The molecule has 0 N–H and O–H groups in total. The monoisotopic (exact) mass is 448 g/mol. The van der Waals surface area contributed by atoms with Crippen LogP contribution in [0.2, 0.25) is 5.02 Å². The van der Waals surface area contributed by atoms with Crippen molar-refractivity contribution in [2.45, 2.75) is 25.4 Å². The number of Topliss-reactive ketones (excluding diaryl/α,β-unsaturated/α-hetero) is 1. The van der Waals surface area contributed by atoms with Gasteiger partial charge in [-0.05, 0) is 35.7 Å². The van der Waals surface area contributed by atoms with Gasteiger partial charge in [-0.1, -0.05) is 41.9 Å². The fourth-order valence-electron chi connectivity index (χ4n) is 4.39. The van der Waals surface area contributed by atoms with Crippen LogP contribution in [0.3, 0.4) is 0 Å². The number of fused-ring (bicyclic) bond motifs is 3. The van der Waals surface area contributed by atoms with Crippen LogP contribution in [-0.2, 0) is 17.8 Å². The number of hydrogen-bond acceptors (Lipinski definition) is 6. The third-order valence-corrected chi connectivity index (χ3v) is 6.09. The second-order valence-corrected chi connectivity index (χ2v) is 8.20. The van der Waals surface area contributed by atoms with Gasteiger partial charge in [0.05, 0.1) is 30.7 Å². The van der Waals surface area contributed by atoms with Gasteiger partial charge in [0.2, 0.25) is 0 Å². The van der Waals surface area contributed by atoms with E-state index in [0.29, 0.717) is 35.8 Å². The van der Waals surface area contributed by atoms with E-state index in [1.165, 1.54) is 0 Å². The molecule has 0 bridgehead atoms. The molecule has 7 nitrogen and oxygen atoms in total. The van der Waals surface area contributed by atoms with E-state index in [4.69, 9.17) is 26.2 Å². The van der Waals surface area contributed by atoms with Gasteiger partial charge >= 0.3 is 0 Å². The third kappa shape index (κ3) is 3.43. The molecule has 0 saturated carbocycles. The van der Waals surface area contributed by atoms with Crippen LogP contribution in [0.4, 0.5) is 0 Å². The zero-order chi connectivity index (χ0) is 22.2. The molecule has 0 spiro atoms. The molecule has 1 aliphatic carbocycles. The standard InChI is InChI=1S/C24H21ClN4O3/c1-31-13-18-22(14-7-9-16(25)10-8-14)24-27-26-23-19(29(24)28-18)11-15(12-20(23)30)17-5-3-4-6-21(17)32-2/h3-10,15H,11-13H2,1-2H3/t15-/m1/s1. The minimum Gasteiger partial charge on any atom is -0.496 e. The van der Waals surface area contributed by atoms with Crippen molar-refractivity contribution in [3.63, 3.8) is 0 Å². The Kier molecular flexibility index (Phi) is 5.36. The molecule has 0 aliphatic heterocycles. The van der Waals surface area contributed by atoms with Crippen LogP contribution in [-0.4, -0.2) is 39.8 Å². The molecule has 8 heteroatoms. The molecule has 0 fully saturated rings. The van der Waals surface area contributed by atoms with Crippen molar-refractivity contribution in [1.29, 1.82) is 0 Å². The summed E-state index contributed by atoms with van der Waals surface area (Å²) < 4.78 is 12.7. The van der Waals surface area contributed by atoms with Crippen molar-refractivity contribution >= 4 is 23.0 Å². The summed E-state index contributed by atoms with van der Waals surface area (Å²) in [6.45, 7) is 0.306. The number of halogens is 1. The SMILES string of the molecule is COCc1nn2c3c(nnc2c1-c1ccc(Cl)cc1)C(=O)C[C@H](c1ccccc1OC)C3. The number of rotatable bonds is 5. The van der Waals surface area contributed by atoms with Crippen LogP contribution in [0.5, 0.6) is 5.75 Å². The van der Waals surface area contributed by atoms with E-state index < -0.39 is 0 Å². The molecule has 2 aromatic heterocycles. The number of carbonyl (C=O) groups excluding carboxylic acids is 1. The number of methoxy groups -OCH3 is 2. The van der Waals surface area contributed by atoms with Crippen LogP contribution in [0.15, 0.2) is 48.5 Å². The molecule has 5 rings (SSSR count). The Morgan fingerprint density at radius 1 is 1.06 bits per heavy atom. The van der Waals surface area contributed by atoms with Crippen molar-refractivity contribution < 1.29 is 14.3 Å². The van der Waals surface area contributed by atoms with Crippen LogP contribution in [0.1, 0.15) is 39.8 Å². The average Bonchev–Trinajstić information content (AvgIpc) is 3.18. The number of aromatic nitrogens is 4. The maximum atomic E-state index is 13.0. The molecule has 0 saturated heterocycles. The summed E-state index contributed by atoms with van der Waals surface area (Å²) >= 11 is 6.08. The van der Waals surface area contributed by atoms with E-state index in [9.17, 15) is 4.79 Å². The fourth-order valence-corrected chi connectivity index (χ4v) is 4.51. The lowest BCUT2D eigenvalue weighted by atomic mass is 9.83. The summed E-state index contributed by atoms with van der Waals surface area (Å²) in [5.41, 5.74) is 5.18.